The van der Waals surface area contributed by atoms with E-state index in [-0.39, 0.29) is 17.6 Å². The molecule has 0 spiro atoms. The molecule has 17 heavy (non-hydrogen) atoms. The van der Waals surface area contributed by atoms with Crippen molar-refractivity contribution >= 4 is 5.78 Å². The number of ketones is 1. The standard InChI is InChI=1S/C14H18O3/c1-3-17-10-5-11-13-8(2)12(15)4-9(13)6-14(11,16)7-10/h7,9,11,16H,3-6H2,1-2H3/t9-,11+,14-/m1/s1. The lowest BCUT2D eigenvalue weighted by Gasteiger charge is -2.21. The summed E-state index contributed by atoms with van der Waals surface area (Å²) >= 11 is 0. The van der Waals surface area contributed by atoms with E-state index in [1.165, 1.54) is 5.57 Å². The van der Waals surface area contributed by atoms with Crippen molar-refractivity contribution in [2.24, 2.45) is 11.8 Å². The topological polar surface area (TPSA) is 46.5 Å². The van der Waals surface area contributed by atoms with Gasteiger partial charge in [0.2, 0.25) is 0 Å². The normalized spacial score (nSPS) is 39.5. The monoisotopic (exact) mass is 234 g/mol. The molecular weight excluding hydrogens is 216 g/mol. The molecule has 0 aromatic carbocycles. The summed E-state index contributed by atoms with van der Waals surface area (Å²) < 4.78 is 5.51. The first-order valence-electron chi connectivity index (χ1n) is 6.36. The number of hydrogen-bond donors (Lipinski definition) is 1. The quantitative estimate of drug-likeness (QED) is 0.794. The molecule has 3 rings (SSSR count). The van der Waals surface area contributed by atoms with Crippen molar-refractivity contribution in [1.29, 1.82) is 0 Å². The zero-order valence-electron chi connectivity index (χ0n) is 10.3. The molecule has 0 bridgehead atoms. The molecular formula is C14H18O3. The minimum Gasteiger partial charge on any atom is -0.498 e. The van der Waals surface area contributed by atoms with Gasteiger partial charge in [-0.05, 0) is 37.8 Å². The van der Waals surface area contributed by atoms with Gasteiger partial charge in [-0.1, -0.05) is 5.57 Å². The average Bonchev–Trinajstić information content (AvgIpc) is 2.76. The lowest BCUT2D eigenvalue weighted by molar-refractivity contribution is -0.115. The van der Waals surface area contributed by atoms with Gasteiger partial charge in [-0.3, -0.25) is 4.79 Å². The van der Waals surface area contributed by atoms with Gasteiger partial charge < -0.3 is 9.84 Å². The molecule has 0 aromatic heterocycles. The first kappa shape index (κ1) is 11.0. The summed E-state index contributed by atoms with van der Waals surface area (Å²) in [7, 11) is 0. The molecule has 0 amide bonds. The van der Waals surface area contributed by atoms with E-state index in [4.69, 9.17) is 4.74 Å². The number of ether oxygens (including phenoxy) is 1. The fourth-order valence-electron chi connectivity index (χ4n) is 3.76. The SMILES string of the molecule is CCOC1=C[C@]2(O)C[C@H]3CC(=O)C(C)=C3[C@@H]2C1. The third-order valence-corrected chi connectivity index (χ3v) is 4.42. The number of fused-ring (bicyclic) bond motifs is 3. The predicted molar refractivity (Wildman–Crippen MR) is 63.2 cm³/mol. The summed E-state index contributed by atoms with van der Waals surface area (Å²) in [5.74, 6) is 1.51. The van der Waals surface area contributed by atoms with Crippen LogP contribution in [0.5, 0.6) is 0 Å². The number of carbonyl (C=O) groups excluding carboxylic acids is 1. The number of allylic oxidation sites excluding steroid dienone is 2. The minimum atomic E-state index is -0.757. The van der Waals surface area contributed by atoms with Gasteiger partial charge >= 0.3 is 0 Å². The van der Waals surface area contributed by atoms with E-state index in [0.717, 1.165) is 17.8 Å². The van der Waals surface area contributed by atoms with E-state index in [2.05, 4.69) is 0 Å². The van der Waals surface area contributed by atoms with Crippen molar-refractivity contribution in [2.45, 2.75) is 38.7 Å². The molecule has 3 aliphatic rings. The van der Waals surface area contributed by atoms with Crippen molar-refractivity contribution in [1.82, 2.24) is 0 Å². The second-order valence-corrected chi connectivity index (χ2v) is 5.40. The van der Waals surface area contributed by atoms with Crippen LogP contribution in [0, 0.1) is 11.8 Å². The van der Waals surface area contributed by atoms with Gasteiger partial charge in [-0.25, -0.2) is 0 Å². The highest BCUT2D eigenvalue weighted by Gasteiger charge is 2.55. The fraction of sp³-hybridized carbons (Fsp3) is 0.643. The van der Waals surface area contributed by atoms with Crippen LogP contribution in [0.4, 0.5) is 0 Å². The third kappa shape index (κ3) is 1.41. The highest BCUT2D eigenvalue weighted by atomic mass is 16.5. The van der Waals surface area contributed by atoms with Crippen LogP contribution in [0.3, 0.4) is 0 Å². The number of rotatable bonds is 2. The molecule has 0 saturated heterocycles. The Labute approximate surface area is 101 Å². The van der Waals surface area contributed by atoms with Gasteiger partial charge in [0.25, 0.3) is 0 Å². The molecule has 0 heterocycles. The Bertz CT molecular complexity index is 446. The average molecular weight is 234 g/mol. The second kappa shape index (κ2) is 3.45. The molecule has 1 N–H and O–H groups in total. The second-order valence-electron chi connectivity index (χ2n) is 5.40. The largest absolute Gasteiger partial charge is 0.498 e. The molecule has 0 radical (unpaired) electrons. The van der Waals surface area contributed by atoms with Crippen LogP contribution in [0.2, 0.25) is 0 Å². The van der Waals surface area contributed by atoms with E-state index in [9.17, 15) is 9.90 Å². The van der Waals surface area contributed by atoms with Crippen LogP contribution in [0.15, 0.2) is 23.0 Å². The van der Waals surface area contributed by atoms with Crippen molar-refractivity contribution in [3.8, 4) is 0 Å². The fourth-order valence-corrected chi connectivity index (χ4v) is 3.76. The Balaban J connectivity index is 1.95. The number of Topliss-reactive ketones (excluding diaryl/α,β-unsaturated/α-hetero) is 1. The van der Waals surface area contributed by atoms with Crippen molar-refractivity contribution in [3.05, 3.63) is 23.0 Å². The van der Waals surface area contributed by atoms with E-state index in [1.807, 2.05) is 19.9 Å². The molecule has 92 valence electrons. The maximum absolute atomic E-state index is 11.7. The Morgan fingerprint density at radius 3 is 3.00 bits per heavy atom. The molecule has 3 atom stereocenters. The Morgan fingerprint density at radius 1 is 1.53 bits per heavy atom. The molecule has 3 aliphatic carbocycles. The van der Waals surface area contributed by atoms with Crippen molar-refractivity contribution in [2.75, 3.05) is 6.61 Å². The smallest absolute Gasteiger partial charge is 0.159 e. The molecule has 3 nitrogen and oxygen atoms in total. The first-order chi connectivity index (χ1) is 8.05. The number of carbonyl (C=O) groups is 1. The summed E-state index contributed by atoms with van der Waals surface area (Å²) in [5.41, 5.74) is 1.33. The maximum atomic E-state index is 11.7. The molecule has 3 heteroatoms. The summed E-state index contributed by atoms with van der Waals surface area (Å²) in [6.45, 7) is 4.49. The van der Waals surface area contributed by atoms with Gasteiger partial charge in [0.1, 0.15) is 0 Å². The number of aliphatic hydroxyl groups is 1. The number of hydrogen-bond acceptors (Lipinski definition) is 3. The molecule has 0 unspecified atom stereocenters. The molecule has 0 aromatic rings. The summed E-state index contributed by atoms with van der Waals surface area (Å²) in [5, 5.41) is 10.6. The van der Waals surface area contributed by atoms with Crippen LogP contribution in [-0.4, -0.2) is 23.1 Å². The van der Waals surface area contributed by atoms with Crippen LogP contribution >= 0.6 is 0 Å². The van der Waals surface area contributed by atoms with Crippen molar-refractivity contribution < 1.29 is 14.6 Å². The van der Waals surface area contributed by atoms with Gasteiger partial charge in [0.05, 0.1) is 18.0 Å². The first-order valence-corrected chi connectivity index (χ1v) is 6.36. The molecule has 1 saturated carbocycles. The van der Waals surface area contributed by atoms with Crippen LogP contribution < -0.4 is 0 Å². The van der Waals surface area contributed by atoms with Gasteiger partial charge in [-0.15, -0.1) is 0 Å². The summed E-state index contributed by atoms with van der Waals surface area (Å²) in [6, 6.07) is 0. The lowest BCUT2D eigenvalue weighted by Crippen LogP contribution is -2.28. The van der Waals surface area contributed by atoms with E-state index in [1.54, 1.807) is 0 Å². The molecule has 0 aliphatic heterocycles. The van der Waals surface area contributed by atoms with Gasteiger partial charge in [0, 0.05) is 18.8 Å². The highest BCUT2D eigenvalue weighted by Crippen LogP contribution is 2.56. The van der Waals surface area contributed by atoms with Crippen LogP contribution in [-0.2, 0) is 9.53 Å². The van der Waals surface area contributed by atoms with Crippen LogP contribution in [0.25, 0.3) is 0 Å². The Hall–Kier alpha value is -1.09. The summed E-state index contributed by atoms with van der Waals surface area (Å²) in [6.07, 6.45) is 3.91. The predicted octanol–water partition coefficient (Wildman–Crippen LogP) is 1.97. The van der Waals surface area contributed by atoms with Gasteiger partial charge in [-0.2, -0.15) is 0 Å². The summed E-state index contributed by atoms with van der Waals surface area (Å²) in [4.78, 5) is 11.7. The lowest BCUT2D eigenvalue weighted by atomic mass is 9.90. The van der Waals surface area contributed by atoms with Gasteiger partial charge in [0.15, 0.2) is 5.78 Å². The third-order valence-electron chi connectivity index (χ3n) is 4.42. The Morgan fingerprint density at radius 2 is 2.29 bits per heavy atom. The Kier molecular flexibility index (Phi) is 2.24. The van der Waals surface area contributed by atoms with E-state index in [0.29, 0.717) is 19.4 Å². The minimum absolute atomic E-state index is 0.0838. The maximum Gasteiger partial charge on any atom is 0.159 e. The van der Waals surface area contributed by atoms with Crippen molar-refractivity contribution in [3.63, 3.8) is 0 Å². The van der Waals surface area contributed by atoms with E-state index < -0.39 is 5.60 Å². The van der Waals surface area contributed by atoms with E-state index >= 15 is 0 Å². The zero-order chi connectivity index (χ0) is 12.2. The molecule has 1 fully saturated rings. The highest BCUT2D eigenvalue weighted by molar-refractivity contribution is 5.99. The zero-order valence-corrected chi connectivity index (χ0v) is 10.3. The van der Waals surface area contributed by atoms with Crippen LogP contribution in [0.1, 0.15) is 33.1 Å².